The minimum absolute atomic E-state index is 0.00806. The standard InChI is InChI=1S/C18H16BrNO4S/c1-24-15-4-2-3-14(10-15)20-17(21)11-25-16(18(22)23)9-12-5-7-13(19)8-6-12/h2-10H,11H2,1H3,(H,20,21)(H,22,23)/b16-9+. The molecule has 0 aliphatic heterocycles. The van der Waals surface area contributed by atoms with Crippen molar-refractivity contribution >= 4 is 51.3 Å². The fourth-order valence-corrected chi connectivity index (χ4v) is 2.88. The Bertz CT molecular complexity index is 790. The average Bonchev–Trinajstić information content (AvgIpc) is 2.60. The van der Waals surface area contributed by atoms with Crippen molar-refractivity contribution in [2.24, 2.45) is 0 Å². The number of carbonyl (C=O) groups excluding carboxylic acids is 1. The molecule has 0 bridgehead atoms. The molecule has 5 nitrogen and oxygen atoms in total. The summed E-state index contributed by atoms with van der Waals surface area (Å²) in [6, 6.07) is 14.2. The third kappa shape index (κ3) is 6.28. The van der Waals surface area contributed by atoms with Crippen LogP contribution in [-0.2, 0) is 9.59 Å². The predicted molar refractivity (Wildman–Crippen MR) is 104 cm³/mol. The molecule has 0 saturated carbocycles. The molecule has 0 spiro atoms. The van der Waals surface area contributed by atoms with Crippen LogP contribution in [0.15, 0.2) is 57.9 Å². The molecule has 0 saturated heterocycles. The monoisotopic (exact) mass is 421 g/mol. The first kappa shape index (κ1) is 19.1. The molecule has 0 unspecified atom stereocenters. The highest BCUT2D eigenvalue weighted by Crippen LogP contribution is 2.22. The first-order valence-electron chi connectivity index (χ1n) is 7.25. The van der Waals surface area contributed by atoms with Gasteiger partial charge in [0, 0.05) is 16.2 Å². The number of benzene rings is 2. The summed E-state index contributed by atoms with van der Waals surface area (Å²) in [5, 5.41) is 12.0. The number of carboxylic acid groups (broad SMARTS) is 1. The van der Waals surface area contributed by atoms with E-state index in [1.54, 1.807) is 43.5 Å². The number of carbonyl (C=O) groups is 2. The zero-order chi connectivity index (χ0) is 18.2. The Morgan fingerprint density at radius 2 is 1.96 bits per heavy atom. The van der Waals surface area contributed by atoms with Crippen molar-refractivity contribution in [1.82, 2.24) is 0 Å². The first-order chi connectivity index (χ1) is 12.0. The average molecular weight is 422 g/mol. The number of carboxylic acids is 1. The minimum atomic E-state index is -1.07. The van der Waals surface area contributed by atoms with E-state index >= 15 is 0 Å². The van der Waals surface area contributed by atoms with Crippen LogP contribution in [-0.4, -0.2) is 29.8 Å². The summed E-state index contributed by atoms with van der Waals surface area (Å²) in [4.78, 5) is 23.5. The van der Waals surface area contributed by atoms with Crippen LogP contribution < -0.4 is 10.1 Å². The molecule has 0 aliphatic carbocycles. The number of rotatable bonds is 7. The van der Waals surface area contributed by atoms with Gasteiger partial charge in [0.15, 0.2) is 0 Å². The Hall–Kier alpha value is -2.25. The quantitative estimate of drug-likeness (QED) is 0.653. The summed E-state index contributed by atoms with van der Waals surface area (Å²) in [7, 11) is 1.54. The molecule has 0 aromatic heterocycles. The molecular weight excluding hydrogens is 406 g/mol. The van der Waals surface area contributed by atoms with Crippen LogP contribution in [0.3, 0.4) is 0 Å². The van der Waals surface area contributed by atoms with E-state index in [1.165, 1.54) is 6.08 Å². The van der Waals surface area contributed by atoms with Gasteiger partial charge in [-0.1, -0.05) is 34.1 Å². The lowest BCUT2D eigenvalue weighted by Crippen LogP contribution is -2.15. The molecule has 0 atom stereocenters. The van der Waals surface area contributed by atoms with Crippen LogP contribution in [0, 0.1) is 0 Å². The minimum Gasteiger partial charge on any atom is -0.497 e. The van der Waals surface area contributed by atoms with E-state index in [1.807, 2.05) is 12.1 Å². The van der Waals surface area contributed by atoms with E-state index in [9.17, 15) is 14.7 Å². The van der Waals surface area contributed by atoms with E-state index in [-0.39, 0.29) is 16.6 Å². The summed E-state index contributed by atoms with van der Waals surface area (Å²) < 4.78 is 6.00. The summed E-state index contributed by atoms with van der Waals surface area (Å²) in [5.74, 6) is -0.735. The van der Waals surface area contributed by atoms with Gasteiger partial charge in [0.05, 0.1) is 17.8 Å². The van der Waals surface area contributed by atoms with Gasteiger partial charge in [0.1, 0.15) is 5.75 Å². The molecule has 2 aromatic rings. The number of aliphatic carboxylic acids is 1. The van der Waals surface area contributed by atoms with Gasteiger partial charge < -0.3 is 15.2 Å². The van der Waals surface area contributed by atoms with Gasteiger partial charge in [0.25, 0.3) is 0 Å². The van der Waals surface area contributed by atoms with Gasteiger partial charge in [0.2, 0.25) is 5.91 Å². The number of anilines is 1. The maximum Gasteiger partial charge on any atom is 0.342 e. The smallest absolute Gasteiger partial charge is 0.342 e. The van der Waals surface area contributed by atoms with Gasteiger partial charge in [-0.2, -0.15) is 0 Å². The van der Waals surface area contributed by atoms with Gasteiger partial charge in [-0.05, 0) is 35.9 Å². The zero-order valence-corrected chi connectivity index (χ0v) is 15.8. The highest BCUT2D eigenvalue weighted by molar-refractivity contribution is 9.10. The van der Waals surface area contributed by atoms with Crippen molar-refractivity contribution in [3.05, 3.63) is 63.5 Å². The third-order valence-electron chi connectivity index (χ3n) is 3.09. The molecule has 0 fully saturated rings. The molecular formula is C18H16BrNO4S. The molecule has 2 rings (SSSR count). The lowest BCUT2D eigenvalue weighted by molar-refractivity contribution is -0.131. The number of ether oxygens (including phenoxy) is 1. The molecule has 25 heavy (non-hydrogen) atoms. The second-order valence-corrected chi connectivity index (χ2v) is 6.87. The van der Waals surface area contributed by atoms with Crippen molar-refractivity contribution in [2.75, 3.05) is 18.2 Å². The van der Waals surface area contributed by atoms with Crippen LogP contribution in [0.4, 0.5) is 5.69 Å². The predicted octanol–water partition coefficient (Wildman–Crippen LogP) is 4.26. The lowest BCUT2D eigenvalue weighted by atomic mass is 10.2. The number of methoxy groups -OCH3 is 1. The highest BCUT2D eigenvalue weighted by Gasteiger charge is 2.12. The second-order valence-electron chi connectivity index (χ2n) is 4.93. The number of hydrogen-bond donors (Lipinski definition) is 2. The van der Waals surface area contributed by atoms with Gasteiger partial charge in [-0.3, -0.25) is 4.79 Å². The highest BCUT2D eigenvalue weighted by atomic mass is 79.9. The summed E-state index contributed by atoms with van der Waals surface area (Å²) in [5.41, 5.74) is 1.35. The first-order valence-corrected chi connectivity index (χ1v) is 9.03. The van der Waals surface area contributed by atoms with Crippen LogP contribution in [0.5, 0.6) is 5.75 Å². The fourth-order valence-electron chi connectivity index (χ4n) is 1.92. The number of amides is 1. The summed E-state index contributed by atoms with van der Waals surface area (Å²) in [6.07, 6.45) is 1.54. The summed E-state index contributed by atoms with van der Waals surface area (Å²) in [6.45, 7) is 0. The Morgan fingerprint density at radius 1 is 1.24 bits per heavy atom. The van der Waals surface area contributed by atoms with Crippen molar-refractivity contribution in [2.45, 2.75) is 0 Å². The van der Waals surface area contributed by atoms with E-state index in [2.05, 4.69) is 21.2 Å². The normalized spacial score (nSPS) is 11.0. The van der Waals surface area contributed by atoms with E-state index in [4.69, 9.17) is 4.74 Å². The molecule has 2 N–H and O–H groups in total. The van der Waals surface area contributed by atoms with Crippen molar-refractivity contribution < 1.29 is 19.4 Å². The van der Waals surface area contributed by atoms with Gasteiger partial charge in [-0.15, -0.1) is 11.8 Å². The van der Waals surface area contributed by atoms with Gasteiger partial charge in [-0.25, -0.2) is 4.79 Å². The van der Waals surface area contributed by atoms with E-state index < -0.39 is 5.97 Å². The maximum atomic E-state index is 12.0. The second kappa shape index (κ2) is 9.29. The van der Waals surface area contributed by atoms with Crippen molar-refractivity contribution in [3.63, 3.8) is 0 Å². The lowest BCUT2D eigenvalue weighted by Gasteiger charge is -2.07. The zero-order valence-electron chi connectivity index (χ0n) is 13.4. The molecule has 0 radical (unpaired) electrons. The molecule has 1 amide bonds. The Labute approximate surface area is 158 Å². The van der Waals surface area contributed by atoms with Crippen LogP contribution in [0.25, 0.3) is 6.08 Å². The van der Waals surface area contributed by atoms with E-state index in [0.717, 1.165) is 21.8 Å². The third-order valence-corrected chi connectivity index (χ3v) is 4.63. The molecule has 0 heterocycles. The molecule has 130 valence electrons. The van der Waals surface area contributed by atoms with Crippen molar-refractivity contribution in [3.8, 4) is 5.75 Å². The number of nitrogens with one attached hydrogen (secondary N) is 1. The van der Waals surface area contributed by atoms with E-state index in [0.29, 0.717) is 11.4 Å². The molecule has 0 aliphatic rings. The van der Waals surface area contributed by atoms with Crippen LogP contribution in [0.1, 0.15) is 5.56 Å². The SMILES string of the molecule is COc1cccc(NC(=O)CS/C(=C/c2ccc(Br)cc2)C(=O)O)c1. The van der Waals surface area contributed by atoms with Crippen LogP contribution >= 0.6 is 27.7 Å². The van der Waals surface area contributed by atoms with Crippen molar-refractivity contribution in [1.29, 1.82) is 0 Å². The fraction of sp³-hybridized carbons (Fsp3) is 0.111. The molecule has 7 heteroatoms. The Balaban J connectivity index is 1.99. The van der Waals surface area contributed by atoms with Crippen LogP contribution in [0.2, 0.25) is 0 Å². The maximum absolute atomic E-state index is 12.0. The number of hydrogen-bond acceptors (Lipinski definition) is 4. The summed E-state index contributed by atoms with van der Waals surface area (Å²) >= 11 is 4.30. The Morgan fingerprint density at radius 3 is 2.60 bits per heavy atom. The number of halogens is 1. The topological polar surface area (TPSA) is 75.6 Å². The largest absolute Gasteiger partial charge is 0.497 e. The number of thioether (sulfide) groups is 1. The molecule has 2 aromatic carbocycles. The van der Waals surface area contributed by atoms with Gasteiger partial charge >= 0.3 is 5.97 Å². The Kier molecular flexibility index (Phi) is 7.09.